The molecule has 0 radical (unpaired) electrons. The Morgan fingerprint density at radius 1 is 1.20 bits per heavy atom. The van der Waals surface area contributed by atoms with Crippen LogP contribution in [0, 0.1) is 5.92 Å². The second-order valence-corrected chi connectivity index (χ2v) is 7.25. The Kier molecular flexibility index (Phi) is 6.14. The van der Waals surface area contributed by atoms with Crippen LogP contribution in [-0.4, -0.2) is 37.0 Å². The minimum atomic E-state index is -4.40. The van der Waals surface area contributed by atoms with Crippen molar-refractivity contribution in [3.63, 3.8) is 0 Å². The third-order valence-electron chi connectivity index (χ3n) is 5.03. The van der Waals surface area contributed by atoms with E-state index in [1.807, 2.05) is 0 Å². The third-order valence-corrected chi connectivity index (χ3v) is 5.03. The molecule has 1 amide bonds. The number of alkyl halides is 3. The Balaban J connectivity index is 2.08. The molecule has 0 bridgehead atoms. The Morgan fingerprint density at radius 2 is 1.80 bits per heavy atom. The summed E-state index contributed by atoms with van der Waals surface area (Å²) in [6, 6.07) is 5.10. The summed E-state index contributed by atoms with van der Waals surface area (Å²) < 4.78 is 38.9. The molecule has 3 nitrogen and oxygen atoms in total. The zero-order valence-corrected chi connectivity index (χ0v) is 15.1. The molecule has 25 heavy (non-hydrogen) atoms. The molecule has 1 N–H and O–H groups in total. The number of carbonyl (C=O) groups excluding carboxylic acids is 1. The number of benzene rings is 1. The van der Waals surface area contributed by atoms with Gasteiger partial charge in [0.25, 0.3) is 0 Å². The van der Waals surface area contributed by atoms with Crippen LogP contribution >= 0.6 is 0 Å². The van der Waals surface area contributed by atoms with Crippen molar-refractivity contribution in [1.82, 2.24) is 10.2 Å². The summed E-state index contributed by atoms with van der Waals surface area (Å²) in [5, 5.41) is 3.33. The first-order valence-electron chi connectivity index (χ1n) is 8.84. The van der Waals surface area contributed by atoms with Crippen molar-refractivity contribution < 1.29 is 18.0 Å². The van der Waals surface area contributed by atoms with Gasteiger partial charge >= 0.3 is 6.18 Å². The van der Waals surface area contributed by atoms with E-state index in [2.05, 4.69) is 12.2 Å². The number of halogens is 3. The third kappa shape index (κ3) is 4.75. The Morgan fingerprint density at radius 3 is 2.36 bits per heavy atom. The molecular weight excluding hydrogens is 329 g/mol. The van der Waals surface area contributed by atoms with E-state index in [1.54, 1.807) is 24.8 Å². The molecule has 0 spiro atoms. The van der Waals surface area contributed by atoms with E-state index < -0.39 is 17.2 Å². The van der Waals surface area contributed by atoms with Gasteiger partial charge in [-0.1, -0.05) is 25.1 Å². The molecule has 140 valence electrons. The van der Waals surface area contributed by atoms with Gasteiger partial charge in [-0.2, -0.15) is 13.2 Å². The number of nitrogens with zero attached hydrogens (tertiary/aromatic N) is 1. The Hall–Kier alpha value is -1.56. The average Bonchev–Trinajstić information content (AvgIpc) is 2.59. The second kappa shape index (κ2) is 7.77. The van der Waals surface area contributed by atoms with E-state index in [-0.39, 0.29) is 5.91 Å². The topological polar surface area (TPSA) is 32.3 Å². The highest BCUT2D eigenvalue weighted by Crippen LogP contribution is 2.34. The lowest BCUT2D eigenvalue weighted by Crippen LogP contribution is -2.48. The summed E-state index contributed by atoms with van der Waals surface area (Å²) in [6.07, 6.45) is -2.55. The van der Waals surface area contributed by atoms with Gasteiger partial charge in [0.15, 0.2) is 0 Å². The molecule has 0 saturated carbocycles. The van der Waals surface area contributed by atoms with Gasteiger partial charge in [0.2, 0.25) is 5.91 Å². The highest BCUT2D eigenvalue weighted by Gasteiger charge is 2.37. The predicted octanol–water partition coefficient (Wildman–Crippen LogP) is 3.83. The predicted molar refractivity (Wildman–Crippen MR) is 92.3 cm³/mol. The normalized spacial score (nSPS) is 17.0. The van der Waals surface area contributed by atoms with Gasteiger partial charge in [0, 0.05) is 13.1 Å². The summed E-state index contributed by atoms with van der Waals surface area (Å²) in [5.41, 5.74) is -1.28. The monoisotopic (exact) mass is 356 g/mol. The van der Waals surface area contributed by atoms with Gasteiger partial charge in [-0.15, -0.1) is 0 Å². The maximum absolute atomic E-state index is 13.0. The Labute approximate surface area is 147 Å². The van der Waals surface area contributed by atoms with Crippen molar-refractivity contribution >= 4 is 5.91 Å². The largest absolute Gasteiger partial charge is 0.416 e. The van der Waals surface area contributed by atoms with Gasteiger partial charge in [-0.3, -0.25) is 4.79 Å². The average molecular weight is 356 g/mol. The molecule has 1 saturated heterocycles. The van der Waals surface area contributed by atoms with E-state index in [9.17, 15) is 18.0 Å². The van der Waals surface area contributed by atoms with Gasteiger partial charge < -0.3 is 10.2 Å². The van der Waals surface area contributed by atoms with E-state index in [0.717, 1.165) is 38.1 Å². The highest BCUT2D eigenvalue weighted by molar-refractivity contribution is 5.87. The number of likely N-dealkylation sites (tertiary alicyclic amines) is 1. The van der Waals surface area contributed by atoms with Crippen LogP contribution in [0.3, 0.4) is 0 Å². The molecule has 2 rings (SSSR count). The highest BCUT2D eigenvalue weighted by atomic mass is 19.4. The Bertz CT molecular complexity index is 591. The zero-order chi connectivity index (χ0) is 18.7. The molecule has 1 aromatic carbocycles. The number of carbonyl (C=O) groups is 1. The molecule has 0 aliphatic carbocycles. The summed E-state index contributed by atoms with van der Waals surface area (Å²) in [4.78, 5) is 14.7. The molecule has 1 aliphatic heterocycles. The summed E-state index contributed by atoms with van der Waals surface area (Å²) >= 11 is 0. The number of nitrogens with one attached hydrogen (secondary N) is 1. The molecular formula is C19H27F3N2O. The quantitative estimate of drug-likeness (QED) is 0.870. The van der Waals surface area contributed by atoms with Crippen LogP contribution in [0.2, 0.25) is 0 Å². The van der Waals surface area contributed by atoms with E-state index >= 15 is 0 Å². The van der Waals surface area contributed by atoms with Crippen LogP contribution in [0.1, 0.15) is 44.7 Å². The van der Waals surface area contributed by atoms with Crippen LogP contribution in [0.15, 0.2) is 24.3 Å². The molecule has 1 heterocycles. The van der Waals surface area contributed by atoms with Crippen molar-refractivity contribution in [2.24, 2.45) is 5.92 Å². The molecule has 0 atom stereocenters. The smallest absolute Gasteiger partial charge is 0.342 e. The first kappa shape index (κ1) is 19.8. The number of hydrogen-bond donors (Lipinski definition) is 1. The lowest BCUT2D eigenvalue weighted by molar-refractivity contribution is -0.139. The van der Waals surface area contributed by atoms with Crippen molar-refractivity contribution in [3.05, 3.63) is 35.4 Å². The van der Waals surface area contributed by atoms with E-state index in [4.69, 9.17) is 0 Å². The lowest BCUT2D eigenvalue weighted by atomic mass is 9.81. The molecule has 1 fully saturated rings. The van der Waals surface area contributed by atoms with Gasteiger partial charge in [0.05, 0.1) is 11.0 Å². The summed E-state index contributed by atoms with van der Waals surface area (Å²) in [5.74, 6) is 0.453. The van der Waals surface area contributed by atoms with Gasteiger partial charge in [-0.25, -0.2) is 0 Å². The lowest BCUT2D eigenvalue weighted by Gasteiger charge is -2.37. The van der Waals surface area contributed by atoms with Crippen molar-refractivity contribution in [2.75, 3.05) is 26.2 Å². The first-order valence-corrected chi connectivity index (χ1v) is 8.84. The van der Waals surface area contributed by atoms with Crippen LogP contribution in [-0.2, 0) is 16.4 Å². The summed E-state index contributed by atoms with van der Waals surface area (Å²) in [6.45, 7) is 8.69. The number of hydrogen-bond acceptors (Lipinski definition) is 2. The number of rotatable bonds is 5. The maximum atomic E-state index is 13.0. The van der Waals surface area contributed by atoms with Gasteiger partial charge in [0.1, 0.15) is 0 Å². The van der Waals surface area contributed by atoms with Crippen LogP contribution < -0.4 is 5.32 Å². The second-order valence-electron chi connectivity index (χ2n) is 7.25. The molecule has 0 aromatic heterocycles. The van der Waals surface area contributed by atoms with Crippen LogP contribution in [0.4, 0.5) is 13.2 Å². The molecule has 1 aromatic rings. The summed E-state index contributed by atoms with van der Waals surface area (Å²) in [7, 11) is 0. The van der Waals surface area contributed by atoms with Crippen molar-refractivity contribution in [2.45, 2.75) is 45.2 Å². The number of piperidine rings is 1. The van der Waals surface area contributed by atoms with Gasteiger partial charge in [-0.05, 0) is 57.3 Å². The minimum absolute atomic E-state index is 0.103. The van der Waals surface area contributed by atoms with Crippen LogP contribution in [0.25, 0.3) is 0 Å². The van der Waals surface area contributed by atoms with E-state index in [0.29, 0.717) is 24.6 Å². The van der Waals surface area contributed by atoms with Crippen LogP contribution in [0.5, 0.6) is 0 Å². The fraction of sp³-hybridized carbons (Fsp3) is 0.632. The first-order chi connectivity index (χ1) is 11.7. The van der Waals surface area contributed by atoms with E-state index in [1.165, 1.54) is 6.07 Å². The molecule has 6 heteroatoms. The fourth-order valence-corrected chi connectivity index (χ4v) is 3.29. The van der Waals surface area contributed by atoms with Crippen molar-refractivity contribution in [1.29, 1.82) is 0 Å². The fourth-order valence-electron chi connectivity index (χ4n) is 3.29. The standard InChI is InChI=1S/C19H27F3N2O/c1-4-23-13-14-8-10-24(11-9-14)17(25)18(2,3)15-6-5-7-16(12-15)19(20,21)22/h5-7,12,14,23H,4,8-11,13H2,1-3H3. The molecule has 1 aliphatic rings. The minimum Gasteiger partial charge on any atom is -0.342 e. The zero-order valence-electron chi connectivity index (χ0n) is 15.1. The molecule has 0 unspecified atom stereocenters. The van der Waals surface area contributed by atoms with Crippen molar-refractivity contribution in [3.8, 4) is 0 Å². The SMILES string of the molecule is CCNCC1CCN(C(=O)C(C)(C)c2cccc(C(F)(F)F)c2)CC1. The number of amides is 1. The maximum Gasteiger partial charge on any atom is 0.416 e.